The highest BCUT2D eigenvalue weighted by Crippen LogP contribution is 2.42. The third-order valence-electron chi connectivity index (χ3n) is 10.1. The fourth-order valence-electron chi connectivity index (χ4n) is 7.96. The van der Waals surface area contributed by atoms with E-state index >= 15 is 0 Å². The van der Waals surface area contributed by atoms with Crippen LogP contribution in [-0.4, -0.2) is 19.1 Å². The molecule has 0 amide bonds. The molecular formula is C46H28N4O. The molecule has 0 aliphatic rings. The Morgan fingerprint density at radius 2 is 0.961 bits per heavy atom. The Hall–Kier alpha value is -6.98. The van der Waals surface area contributed by atoms with Gasteiger partial charge in [-0.3, -0.25) is 0 Å². The molecule has 0 atom stereocenters. The summed E-state index contributed by atoms with van der Waals surface area (Å²) in [6, 6.07) is 59.6. The Morgan fingerprint density at radius 3 is 1.67 bits per heavy atom. The van der Waals surface area contributed by atoms with E-state index in [9.17, 15) is 0 Å². The molecule has 0 saturated heterocycles. The highest BCUT2D eigenvalue weighted by molar-refractivity contribution is 6.23. The third kappa shape index (κ3) is 4.09. The van der Waals surface area contributed by atoms with Gasteiger partial charge in [-0.25, -0.2) is 4.98 Å². The Kier molecular flexibility index (Phi) is 5.89. The van der Waals surface area contributed by atoms with Crippen LogP contribution in [0.1, 0.15) is 0 Å². The number of hydrogen-bond acceptors (Lipinski definition) is 3. The highest BCUT2D eigenvalue weighted by Gasteiger charge is 2.22. The lowest BCUT2D eigenvalue weighted by Gasteiger charge is -2.13. The van der Waals surface area contributed by atoms with Gasteiger partial charge in [-0.2, -0.15) is 4.98 Å². The van der Waals surface area contributed by atoms with Gasteiger partial charge in [0.2, 0.25) is 5.71 Å². The number of para-hydroxylation sites is 4. The summed E-state index contributed by atoms with van der Waals surface area (Å²) in [7, 11) is 0. The summed E-state index contributed by atoms with van der Waals surface area (Å²) in [5.41, 5.74) is 11.0. The van der Waals surface area contributed by atoms with E-state index < -0.39 is 0 Å². The van der Waals surface area contributed by atoms with E-state index in [0.717, 1.165) is 55.6 Å². The van der Waals surface area contributed by atoms with Crippen LogP contribution < -0.4 is 0 Å². The molecule has 0 N–H and O–H groups in total. The fraction of sp³-hybridized carbons (Fsp3) is 0. The first-order valence-corrected chi connectivity index (χ1v) is 17.2. The first-order chi connectivity index (χ1) is 25.3. The number of fused-ring (bicyclic) bond motifs is 10. The van der Waals surface area contributed by atoms with Crippen molar-refractivity contribution in [1.29, 1.82) is 0 Å². The van der Waals surface area contributed by atoms with Gasteiger partial charge in [0, 0.05) is 49.4 Å². The molecule has 11 aromatic rings. The zero-order valence-corrected chi connectivity index (χ0v) is 27.4. The minimum Gasteiger partial charge on any atom is -0.438 e. The Balaban J connectivity index is 1.22. The van der Waals surface area contributed by atoms with Crippen LogP contribution in [0.2, 0.25) is 0 Å². The second-order valence-electron chi connectivity index (χ2n) is 13.0. The lowest BCUT2D eigenvalue weighted by atomic mass is 10.1. The minimum atomic E-state index is 0.580. The average molecular weight is 653 g/mol. The van der Waals surface area contributed by atoms with E-state index in [0.29, 0.717) is 11.5 Å². The molecule has 0 saturated carbocycles. The van der Waals surface area contributed by atoms with Gasteiger partial charge in [0.15, 0.2) is 5.82 Å². The molecule has 0 radical (unpaired) electrons. The number of benzene rings is 7. The maximum absolute atomic E-state index is 6.37. The molecule has 0 aliphatic carbocycles. The number of furan rings is 1. The minimum absolute atomic E-state index is 0.580. The summed E-state index contributed by atoms with van der Waals surface area (Å²) < 4.78 is 11.2. The number of nitrogens with zero attached hydrogens (tertiary/aromatic N) is 4. The second kappa shape index (κ2) is 10.8. The van der Waals surface area contributed by atoms with E-state index in [2.05, 4.69) is 143 Å². The van der Waals surface area contributed by atoms with E-state index in [-0.39, 0.29) is 0 Å². The monoisotopic (exact) mass is 652 g/mol. The zero-order valence-electron chi connectivity index (χ0n) is 27.4. The Labute approximate surface area is 292 Å². The fourth-order valence-corrected chi connectivity index (χ4v) is 7.96. The molecular weight excluding hydrogens is 625 g/mol. The molecule has 11 rings (SSSR count). The predicted octanol–water partition coefficient (Wildman–Crippen LogP) is 11.9. The van der Waals surface area contributed by atoms with Gasteiger partial charge in [0.05, 0.1) is 33.1 Å². The number of rotatable bonds is 4. The summed E-state index contributed by atoms with van der Waals surface area (Å²) in [4.78, 5) is 10.3. The van der Waals surface area contributed by atoms with Crippen LogP contribution in [0.15, 0.2) is 174 Å². The van der Waals surface area contributed by atoms with Crippen LogP contribution in [0.25, 0.3) is 99.7 Å². The number of aromatic nitrogens is 4. The quantitative estimate of drug-likeness (QED) is 0.190. The molecule has 0 unspecified atom stereocenters. The van der Waals surface area contributed by atoms with E-state index in [1.807, 2.05) is 36.4 Å². The van der Waals surface area contributed by atoms with E-state index in [1.54, 1.807) is 0 Å². The maximum atomic E-state index is 6.37. The molecule has 0 aliphatic heterocycles. The van der Waals surface area contributed by atoms with Gasteiger partial charge in [-0.05, 0) is 42.5 Å². The van der Waals surface area contributed by atoms with Crippen LogP contribution in [0.4, 0.5) is 0 Å². The first-order valence-electron chi connectivity index (χ1n) is 17.2. The zero-order chi connectivity index (χ0) is 33.5. The maximum Gasteiger partial charge on any atom is 0.231 e. The van der Waals surface area contributed by atoms with Gasteiger partial charge in [0.1, 0.15) is 5.58 Å². The van der Waals surface area contributed by atoms with Crippen molar-refractivity contribution < 1.29 is 4.42 Å². The van der Waals surface area contributed by atoms with Crippen LogP contribution in [0, 0.1) is 0 Å². The molecule has 0 spiro atoms. The van der Waals surface area contributed by atoms with E-state index in [4.69, 9.17) is 14.4 Å². The molecule has 4 heterocycles. The molecule has 5 nitrogen and oxygen atoms in total. The third-order valence-corrected chi connectivity index (χ3v) is 10.1. The van der Waals surface area contributed by atoms with Gasteiger partial charge in [-0.1, -0.05) is 127 Å². The Bertz CT molecular complexity index is 3130. The van der Waals surface area contributed by atoms with Gasteiger partial charge < -0.3 is 13.6 Å². The smallest absolute Gasteiger partial charge is 0.231 e. The van der Waals surface area contributed by atoms with Crippen molar-refractivity contribution in [2.24, 2.45) is 0 Å². The second-order valence-corrected chi connectivity index (χ2v) is 13.0. The first kappa shape index (κ1) is 27.9. The molecule has 51 heavy (non-hydrogen) atoms. The molecule has 238 valence electrons. The molecule has 4 aromatic heterocycles. The lowest BCUT2D eigenvalue weighted by Crippen LogP contribution is -1.99. The van der Waals surface area contributed by atoms with Crippen molar-refractivity contribution >= 4 is 65.7 Å². The molecule has 0 bridgehead atoms. The Morgan fingerprint density at radius 1 is 0.412 bits per heavy atom. The van der Waals surface area contributed by atoms with Gasteiger partial charge >= 0.3 is 0 Å². The van der Waals surface area contributed by atoms with Gasteiger partial charge in [0.25, 0.3) is 0 Å². The van der Waals surface area contributed by atoms with Gasteiger partial charge in [-0.15, -0.1) is 0 Å². The molecule has 7 aromatic carbocycles. The summed E-state index contributed by atoms with van der Waals surface area (Å²) in [6.07, 6.45) is 0. The standard InChI is InChI=1S/C46H28N4O/c1-3-14-29(15-4-1)42-41-37-22-9-12-25-40(37)51-46(41)48-45(47-42)30-16-13-19-32(28-30)50-39-24-11-8-21-34(39)36-27-26-35-33-20-7-10-23-38(33)49(43(35)44(36)50)31-17-5-2-6-18-31/h1-28H. The van der Waals surface area contributed by atoms with Crippen LogP contribution >= 0.6 is 0 Å². The highest BCUT2D eigenvalue weighted by atomic mass is 16.3. The lowest BCUT2D eigenvalue weighted by molar-refractivity contribution is 0.653. The van der Waals surface area contributed by atoms with E-state index in [1.165, 1.54) is 32.6 Å². The summed E-state index contributed by atoms with van der Waals surface area (Å²) in [5.74, 6) is 0.617. The normalized spacial score (nSPS) is 11.9. The van der Waals surface area contributed by atoms with Crippen LogP contribution in [0.3, 0.4) is 0 Å². The van der Waals surface area contributed by atoms with Crippen LogP contribution in [0.5, 0.6) is 0 Å². The SMILES string of the molecule is c1ccc(-c2nc(-c3cccc(-n4c5ccccc5c5ccc6c7ccccc7n(-c7ccccc7)c6c54)c3)nc3oc4ccccc4c23)cc1. The predicted molar refractivity (Wildman–Crippen MR) is 209 cm³/mol. The van der Waals surface area contributed by atoms with Crippen molar-refractivity contribution in [1.82, 2.24) is 19.1 Å². The number of hydrogen-bond donors (Lipinski definition) is 0. The molecule has 5 heteroatoms. The summed E-state index contributed by atoms with van der Waals surface area (Å²) in [5, 5.41) is 6.79. The largest absolute Gasteiger partial charge is 0.438 e. The average Bonchev–Trinajstić information content (AvgIpc) is 3.86. The summed E-state index contributed by atoms with van der Waals surface area (Å²) in [6.45, 7) is 0. The van der Waals surface area contributed by atoms with Crippen molar-refractivity contribution in [2.75, 3.05) is 0 Å². The van der Waals surface area contributed by atoms with Crippen molar-refractivity contribution in [3.63, 3.8) is 0 Å². The van der Waals surface area contributed by atoms with Crippen LogP contribution in [-0.2, 0) is 0 Å². The molecule has 0 fully saturated rings. The van der Waals surface area contributed by atoms with Crippen molar-refractivity contribution in [2.45, 2.75) is 0 Å². The summed E-state index contributed by atoms with van der Waals surface area (Å²) >= 11 is 0. The topological polar surface area (TPSA) is 48.8 Å². The van der Waals surface area contributed by atoms with Crippen molar-refractivity contribution in [3.8, 4) is 34.0 Å². The van der Waals surface area contributed by atoms with Crippen molar-refractivity contribution in [3.05, 3.63) is 170 Å².